The van der Waals surface area contributed by atoms with Crippen LogP contribution in [0, 0.1) is 11.3 Å². The van der Waals surface area contributed by atoms with Crippen molar-refractivity contribution in [2.24, 2.45) is 11.3 Å². The molecule has 0 bridgehead atoms. The summed E-state index contributed by atoms with van der Waals surface area (Å²) < 4.78 is 11.0. The van der Waals surface area contributed by atoms with Crippen LogP contribution in [0.1, 0.15) is 58.6 Å². The van der Waals surface area contributed by atoms with E-state index in [1.54, 1.807) is 26.2 Å². The molecule has 1 amide bonds. The van der Waals surface area contributed by atoms with Crippen LogP contribution in [0.3, 0.4) is 0 Å². The fourth-order valence-corrected chi connectivity index (χ4v) is 3.66. The molecule has 1 aromatic carbocycles. The summed E-state index contributed by atoms with van der Waals surface area (Å²) in [5, 5.41) is 6.71. The Morgan fingerprint density at radius 2 is 1.94 bits per heavy atom. The highest BCUT2D eigenvalue weighted by Gasteiger charge is 2.37. The minimum Gasteiger partial charge on any atom is -0.477 e. The summed E-state index contributed by atoms with van der Waals surface area (Å²) in [6, 6.07) is 9.71. The normalized spacial score (nSPS) is 14.2. The van der Waals surface area contributed by atoms with Gasteiger partial charge in [0.15, 0.2) is 0 Å². The highest BCUT2D eigenvalue weighted by molar-refractivity contribution is 5.87. The number of H-pyrrole nitrogens is 1. The van der Waals surface area contributed by atoms with Crippen molar-refractivity contribution in [2.45, 2.75) is 59.3 Å². The molecule has 1 heterocycles. The summed E-state index contributed by atoms with van der Waals surface area (Å²) in [5.74, 6) is 0.0572. The van der Waals surface area contributed by atoms with Gasteiger partial charge in [0.1, 0.15) is 0 Å². The summed E-state index contributed by atoms with van der Waals surface area (Å²) >= 11 is 0. The van der Waals surface area contributed by atoms with Crippen LogP contribution in [0.25, 0.3) is 0 Å². The van der Waals surface area contributed by atoms with Crippen LogP contribution in [-0.2, 0) is 26.2 Å². The Bertz CT molecular complexity index is 898. The zero-order valence-corrected chi connectivity index (χ0v) is 20.7. The molecule has 2 aromatic rings. The van der Waals surface area contributed by atoms with Crippen molar-refractivity contribution < 1.29 is 19.1 Å². The number of hydrazine groups is 1. The molecule has 1 aromatic heterocycles. The SMILES string of the molecule is CCOC(=O)C(C)Cc1cccc(C(C)(CCC(C)(C)COc2ccn[nH]2)C(=O)NNC)c1. The van der Waals surface area contributed by atoms with Gasteiger partial charge in [-0.05, 0) is 49.7 Å². The molecule has 2 rings (SSSR count). The standard InChI is InChI=1S/C25H38N4O4/c1-7-32-22(30)18(2)15-19-9-8-10-20(16-19)25(5,23(31)29-26-6)13-12-24(3,4)17-33-21-11-14-27-28-21/h8-11,14,16,18,26H,7,12-13,15,17H2,1-6H3,(H,27,28)(H,29,31). The predicted octanol–water partition coefficient (Wildman–Crippen LogP) is 3.55. The molecule has 0 saturated heterocycles. The number of rotatable bonds is 13. The van der Waals surface area contributed by atoms with E-state index in [9.17, 15) is 9.59 Å². The highest BCUT2D eigenvalue weighted by Crippen LogP contribution is 2.35. The second-order valence-electron chi connectivity index (χ2n) is 9.47. The van der Waals surface area contributed by atoms with Crippen molar-refractivity contribution in [3.05, 3.63) is 47.7 Å². The van der Waals surface area contributed by atoms with Gasteiger partial charge in [-0.1, -0.05) is 45.0 Å². The Hall–Kier alpha value is -2.87. The Balaban J connectivity index is 2.18. The Kier molecular flexibility index (Phi) is 9.46. The first kappa shape index (κ1) is 26.4. The maximum absolute atomic E-state index is 13.2. The van der Waals surface area contributed by atoms with Gasteiger partial charge in [-0.2, -0.15) is 5.10 Å². The quantitative estimate of drug-likeness (QED) is 0.313. The number of esters is 1. The van der Waals surface area contributed by atoms with Crippen molar-refractivity contribution >= 4 is 11.9 Å². The molecule has 0 spiro atoms. The number of aromatic nitrogens is 2. The van der Waals surface area contributed by atoms with Crippen molar-refractivity contribution in [2.75, 3.05) is 20.3 Å². The van der Waals surface area contributed by atoms with Crippen LogP contribution in [0.2, 0.25) is 0 Å². The predicted molar refractivity (Wildman–Crippen MR) is 128 cm³/mol. The van der Waals surface area contributed by atoms with Gasteiger partial charge < -0.3 is 9.47 Å². The van der Waals surface area contributed by atoms with Crippen LogP contribution in [0.15, 0.2) is 36.5 Å². The fraction of sp³-hybridized carbons (Fsp3) is 0.560. The van der Waals surface area contributed by atoms with E-state index in [2.05, 4.69) is 34.9 Å². The molecule has 0 aliphatic carbocycles. The van der Waals surface area contributed by atoms with Crippen molar-refractivity contribution in [1.29, 1.82) is 0 Å². The topological polar surface area (TPSA) is 105 Å². The second kappa shape index (κ2) is 11.8. The van der Waals surface area contributed by atoms with Gasteiger partial charge in [0.2, 0.25) is 11.8 Å². The third kappa shape index (κ3) is 7.60. The van der Waals surface area contributed by atoms with Crippen LogP contribution < -0.4 is 15.6 Å². The molecule has 2 unspecified atom stereocenters. The lowest BCUT2D eigenvalue weighted by atomic mass is 9.73. The van der Waals surface area contributed by atoms with E-state index >= 15 is 0 Å². The first-order chi connectivity index (χ1) is 15.6. The van der Waals surface area contributed by atoms with Crippen LogP contribution >= 0.6 is 0 Å². The number of nitrogens with zero attached hydrogens (tertiary/aromatic N) is 1. The average molecular weight is 459 g/mol. The number of carbonyl (C=O) groups excluding carboxylic acids is 2. The lowest BCUT2D eigenvalue weighted by Gasteiger charge is -2.33. The van der Waals surface area contributed by atoms with Gasteiger partial charge in [-0.3, -0.25) is 15.0 Å². The van der Waals surface area contributed by atoms with E-state index in [1.165, 1.54) is 0 Å². The Morgan fingerprint density at radius 3 is 2.58 bits per heavy atom. The molecular formula is C25H38N4O4. The van der Waals surface area contributed by atoms with E-state index < -0.39 is 5.41 Å². The number of carbonyl (C=O) groups is 2. The summed E-state index contributed by atoms with van der Waals surface area (Å²) in [7, 11) is 1.68. The third-order valence-electron chi connectivity index (χ3n) is 5.93. The number of ether oxygens (including phenoxy) is 2. The number of amides is 1. The summed E-state index contributed by atoms with van der Waals surface area (Å²) in [5.41, 5.74) is 6.50. The molecule has 0 fully saturated rings. The van der Waals surface area contributed by atoms with Crippen molar-refractivity contribution in [3.63, 3.8) is 0 Å². The molecule has 0 aliphatic rings. The maximum Gasteiger partial charge on any atom is 0.308 e. The molecule has 2 atom stereocenters. The second-order valence-corrected chi connectivity index (χ2v) is 9.47. The number of hydrogen-bond donors (Lipinski definition) is 3. The summed E-state index contributed by atoms with van der Waals surface area (Å²) in [4.78, 5) is 25.2. The largest absolute Gasteiger partial charge is 0.477 e. The van der Waals surface area contributed by atoms with Crippen LogP contribution in [0.5, 0.6) is 5.88 Å². The van der Waals surface area contributed by atoms with E-state index in [-0.39, 0.29) is 23.2 Å². The molecule has 182 valence electrons. The lowest BCUT2D eigenvalue weighted by Crippen LogP contribution is -2.47. The molecular weight excluding hydrogens is 420 g/mol. The minimum atomic E-state index is -0.766. The molecule has 3 N–H and O–H groups in total. The molecule has 33 heavy (non-hydrogen) atoms. The zero-order valence-electron chi connectivity index (χ0n) is 20.7. The van der Waals surface area contributed by atoms with E-state index in [4.69, 9.17) is 9.47 Å². The average Bonchev–Trinajstić information content (AvgIpc) is 3.30. The van der Waals surface area contributed by atoms with Gasteiger partial charge in [-0.25, -0.2) is 10.5 Å². The number of aromatic amines is 1. The highest BCUT2D eigenvalue weighted by atomic mass is 16.5. The molecule has 0 aliphatic heterocycles. The van der Waals surface area contributed by atoms with Crippen LogP contribution in [0.4, 0.5) is 0 Å². The monoisotopic (exact) mass is 458 g/mol. The smallest absolute Gasteiger partial charge is 0.308 e. The van der Waals surface area contributed by atoms with Gasteiger partial charge >= 0.3 is 5.97 Å². The molecule has 8 heteroatoms. The number of nitrogens with one attached hydrogen (secondary N) is 3. The molecule has 8 nitrogen and oxygen atoms in total. The van der Waals surface area contributed by atoms with Gasteiger partial charge in [0.25, 0.3) is 0 Å². The van der Waals surface area contributed by atoms with Crippen molar-refractivity contribution in [3.8, 4) is 5.88 Å². The summed E-state index contributed by atoms with van der Waals surface area (Å²) in [6.45, 7) is 10.7. The third-order valence-corrected chi connectivity index (χ3v) is 5.93. The van der Waals surface area contributed by atoms with Gasteiger partial charge in [-0.15, -0.1) is 0 Å². The first-order valence-electron chi connectivity index (χ1n) is 11.5. The lowest BCUT2D eigenvalue weighted by molar-refractivity contribution is -0.147. The fourth-order valence-electron chi connectivity index (χ4n) is 3.66. The number of benzene rings is 1. The van der Waals surface area contributed by atoms with Gasteiger partial charge in [0, 0.05) is 13.1 Å². The first-order valence-corrected chi connectivity index (χ1v) is 11.5. The summed E-state index contributed by atoms with van der Waals surface area (Å²) in [6.07, 6.45) is 3.59. The van der Waals surface area contributed by atoms with Crippen molar-refractivity contribution in [1.82, 2.24) is 21.0 Å². The van der Waals surface area contributed by atoms with E-state index in [1.807, 2.05) is 38.1 Å². The minimum absolute atomic E-state index is 0.106. The molecule has 0 saturated carbocycles. The van der Waals surface area contributed by atoms with E-state index in [0.29, 0.717) is 31.9 Å². The number of hydrogen-bond acceptors (Lipinski definition) is 6. The Morgan fingerprint density at radius 1 is 1.18 bits per heavy atom. The van der Waals surface area contributed by atoms with E-state index in [0.717, 1.165) is 17.5 Å². The Labute approximate surface area is 196 Å². The zero-order chi connectivity index (χ0) is 24.5. The van der Waals surface area contributed by atoms with Crippen LogP contribution in [-0.4, -0.2) is 42.3 Å². The van der Waals surface area contributed by atoms with Gasteiger partial charge in [0.05, 0.1) is 30.7 Å². The molecule has 0 radical (unpaired) electrons. The maximum atomic E-state index is 13.2.